The average Bonchev–Trinajstić information content (AvgIpc) is 2.61. The first-order valence-electron chi connectivity index (χ1n) is 7.61. The highest BCUT2D eigenvalue weighted by Gasteiger charge is 2.05. The van der Waals surface area contributed by atoms with Crippen LogP contribution in [0, 0.1) is 5.82 Å². The number of aromatic nitrogens is 1. The molecule has 3 rings (SSSR count). The Hall–Kier alpha value is -2.92. The van der Waals surface area contributed by atoms with Crippen molar-refractivity contribution in [1.82, 2.24) is 4.98 Å². The van der Waals surface area contributed by atoms with E-state index in [0.717, 1.165) is 16.9 Å². The van der Waals surface area contributed by atoms with E-state index in [1.807, 2.05) is 18.2 Å². The van der Waals surface area contributed by atoms with E-state index < -0.39 is 0 Å². The maximum absolute atomic E-state index is 12.9. The van der Waals surface area contributed by atoms with Gasteiger partial charge >= 0.3 is 0 Å². The Morgan fingerprint density at radius 2 is 1.64 bits per heavy atom. The molecule has 6 heteroatoms. The van der Waals surface area contributed by atoms with Crippen molar-refractivity contribution in [2.45, 2.75) is 6.42 Å². The molecule has 2 aromatic carbocycles. The Morgan fingerprint density at radius 1 is 0.960 bits per heavy atom. The summed E-state index contributed by atoms with van der Waals surface area (Å²) in [5.41, 5.74) is 2.41. The Morgan fingerprint density at radius 3 is 2.28 bits per heavy atom. The number of benzene rings is 2. The summed E-state index contributed by atoms with van der Waals surface area (Å²) in [5, 5.41) is 6.57. The van der Waals surface area contributed by atoms with Gasteiger partial charge in [0.2, 0.25) is 5.91 Å². The van der Waals surface area contributed by atoms with Gasteiger partial charge in [0.15, 0.2) is 0 Å². The molecule has 1 amide bonds. The Bertz CT molecular complexity index is 849. The van der Waals surface area contributed by atoms with Gasteiger partial charge < -0.3 is 10.6 Å². The van der Waals surface area contributed by atoms with Crippen molar-refractivity contribution in [1.29, 1.82) is 0 Å². The molecule has 0 bridgehead atoms. The fourth-order valence-corrected chi connectivity index (χ4v) is 2.34. The van der Waals surface area contributed by atoms with E-state index in [1.54, 1.807) is 36.5 Å². The van der Waals surface area contributed by atoms with E-state index in [2.05, 4.69) is 15.6 Å². The van der Waals surface area contributed by atoms with Crippen LogP contribution in [0.4, 0.5) is 21.6 Å². The fourth-order valence-electron chi connectivity index (χ4n) is 2.22. The summed E-state index contributed by atoms with van der Waals surface area (Å²) in [5.74, 6) is -0.0825. The third-order valence-corrected chi connectivity index (χ3v) is 3.69. The van der Waals surface area contributed by atoms with Gasteiger partial charge in [0.25, 0.3) is 0 Å². The van der Waals surface area contributed by atoms with Crippen LogP contribution in [-0.4, -0.2) is 10.9 Å². The Labute approximate surface area is 149 Å². The van der Waals surface area contributed by atoms with Crippen LogP contribution in [-0.2, 0) is 11.2 Å². The molecule has 0 saturated carbocycles. The molecule has 126 valence electrons. The lowest BCUT2D eigenvalue weighted by Gasteiger charge is -2.08. The second kappa shape index (κ2) is 7.77. The maximum Gasteiger partial charge on any atom is 0.229 e. The van der Waals surface area contributed by atoms with Crippen LogP contribution in [0.2, 0.25) is 5.02 Å². The number of amides is 1. The minimum absolute atomic E-state index is 0.159. The average molecular weight is 356 g/mol. The number of carbonyl (C=O) groups is 1. The van der Waals surface area contributed by atoms with Crippen LogP contribution in [0.15, 0.2) is 66.9 Å². The summed E-state index contributed by atoms with van der Waals surface area (Å²) in [7, 11) is 0. The molecule has 2 N–H and O–H groups in total. The first-order valence-corrected chi connectivity index (χ1v) is 7.99. The van der Waals surface area contributed by atoms with Crippen molar-refractivity contribution >= 4 is 34.7 Å². The summed E-state index contributed by atoms with van der Waals surface area (Å²) >= 11 is 5.85. The van der Waals surface area contributed by atoms with E-state index in [0.29, 0.717) is 10.8 Å². The van der Waals surface area contributed by atoms with Crippen molar-refractivity contribution < 1.29 is 9.18 Å². The van der Waals surface area contributed by atoms with Crippen LogP contribution >= 0.6 is 11.6 Å². The molecule has 0 aliphatic rings. The molecule has 1 heterocycles. The number of hydrogen-bond donors (Lipinski definition) is 2. The van der Waals surface area contributed by atoms with Crippen molar-refractivity contribution in [2.75, 3.05) is 10.6 Å². The molecule has 0 fully saturated rings. The highest BCUT2D eigenvalue weighted by molar-refractivity contribution is 6.30. The minimum Gasteiger partial charge on any atom is -0.354 e. The van der Waals surface area contributed by atoms with E-state index in [-0.39, 0.29) is 18.1 Å². The second-order valence-electron chi connectivity index (χ2n) is 5.42. The summed E-state index contributed by atoms with van der Waals surface area (Å²) in [6, 6.07) is 16.7. The molecule has 0 unspecified atom stereocenters. The molecule has 0 radical (unpaired) electrons. The van der Waals surface area contributed by atoms with Gasteiger partial charge in [-0.05, 0) is 54.1 Å². The van der Waals surface area contributed by atoms with E-state index in [4.69, 9.17) is 11.6 Å². The molecule has 0 atom stereocenters. The highest BCUT2D eigenvalue weighted by atomic mass is 35.5. The summed E-state index contributed by atoms with van der Waals surface area (Å²) in [6.45, 7) is 0. The molecule has 25 heavy (non-hydrogen) atoms. The topological polar surface area (TPSA) is 54.0 Å². The predicted molar refractivity (Wildman–Crippen MR) is 97.7 cm³/mol. The number of pyridine rings is 1. The van der Waals surface area contributed by atoms with Gasteiger partial charge in [0, 0.05) is 10.7 Å². The zero-order valence-electron chi connectivity index (χ0n) is 13.2. The second-order valence-corrected chi connectivity index (χ2v) is 5.85. The third kappa shape index (κ3) is 5.02. The lowest BCUT2D eigenvalue weighted by Crippen LogP contribution is -2.15. The molecule has 1 aromatic heterocycles. The molecule has 4 nitrogen and oxygen atoms in total. The number of rotatable bonds is 5. The number of nitrogens with zero attached hydrogens (tertiary/aromatic N) is 1. The van der Waals surface area contributed by atoms with Crippen molar-refractivity contribution in [3.05, 3.63) is 83.3 Å². The monoisotopic (exact) mass is 355 g/mol. The fraction of sp³-hybridized carbons (Fsp3) is 0.0526. The van der Waals surface area contributed by atoms with E-state index in [9.17, 15) is 9.18 Å². The van der Waals surface area contributed by atoms with Crippen molar-refractivity contribution in [3.8, 4) is 0 Å². The summed E-state index contributed by atoms with van der Waals surface area (Å²) < 4.78 is 12.9. The normalized spacial score (nSPS) is 10.3. The highest BCUT2D eigenvalue weighted by Crippen LogP contribution is 2.19. The number of anilines is 3. The predicted octanol–water partition coefficient (Wildman–Crippen LogP) is 4.80. The Balaban J connectivity index is 1.57. The van der Waals surface area contributed by atoms with Gasteiger partial charge in [-0.25, -0.2) is 9.37 Å². The lowest BCUT2D eigenvalue weighted by atomic mass is 10.1. The van der Waals surface area contributed by atoms with Crippen LogP contribution in [0.1, 0.15) is 5.56 Å². The third-order valence-electron chi connectivity index (χ3n) is 3.44. The molecular weight excluding hydrogens is 341 g/mol. The van der Waals surface area contributed by atoms with Gasteiger partial charge in [-0.1, -0.05) is 23.7 Å². The molecule has 3 aromatic rings. The van der Waals surface area contributed by atoms with E-state index >= 15 is 0 Å². The first kappa shape index (κ1) is 16.9. The number of nitrogens with one attached hydrogen (secondary N) is 2. The quantitative estimate of drug-likeness (QED) is 0.691. The summed E-state index contributed by atoms with van der Waals surface area (Å²) in [4.78, 5) is 16.2. The SMILES string of the molecule is O=C(Cc1ccc(F)cc1)Nc1ccc(Nc2ccc(Cl)cc2)cn1. The van der Waals surface area contributed by atoms with Crippen molar-refractivity contribution in [3.63, 3.8) is 0 Å². The zero-order valence-corrected chi connectivity index (χ0v) is 13.9. The smallest absolute Gasteiger partial charge is 0.229 e. The standard InChI is InChI=1S/C19H15ClFN3O/c20-14-3-7-16(8-4-14)23-17-9-10-18(22-12-17)24-19(25)11-13-1-5-15(21)6-2-13/h1-10,12,23H,11H2,(H,22,24,25). The number of carbonyl (C=O) groups excluding carboxylic acids is 1. The van der Waals surface area contributed by atoms with Crippen LogP contribution < -0.4 is 10.6 Å². The van der Waals surface area contributed by atoms with Crippen LogP contribution in [0.25, 0.3) is 0 Å². The Kier molecular flexibility index (Phi) is 5.26. The molecule has 0 spiro atoms. The van der Waals surface area contributed by atoms with Gasteiger partial charge in [-0.3, -0.25) is 4.79 Å². The van der Waals surface area contributed by atoms with Gasteiger partial charge in [-0.2, -0.15) is 0 Å². The number of halogens is 2. The lowest BCUT2D eigenvalue weighted by molar-refractivity contribution is -0.115. The largest absolute Gasteiger partial charge is 0.354 e. The van der Waals surface area contributed by atoms with Gasteiger partial charge in [-0.15, -0.1) is 0 Å². The zero-order chi connectivity index (χ0) is 17.6. The van der Waals surface area contributed by atoms with Gasteiger partial charge in [0.1, 0.15) is 11.6 Å². The van der Waals surface area contributed by atoms with Crippen LogP contribution in [0.5, 0.6) is 0 Å². The molecule has 0 aliphatic carbocycles. The number of hydrogen-bond acceptors (Lipinski definition) is 3. The molecule has 0 aliphatic heterocycles. The molecular formula is C19H15ClFN3O. The first-order chi connectivity index (χ1) is 12.1. The van der Waals surface area contributed by atoms with Crippen LogP contribution in [0.3, 0.4) is 0 Å². The summed E-state index contributed by atoms with van der Waals surface area (Å²) in [6.07, 6.45) is 1.79. The van der Waals surface area contributed by atoms with E-state index in [1.165, 1.54) is 12.1 Å². The molecule has 0 saturated heterocycles. The van der Waals surface area contributed by atoms with Crippen molar-refractivity contribution in [2.24, 2.45) is 0 Å². The van der Waals surface area contributed by atoms with Gasteiger partial charge in [0.05, 0.1) is 18.3 Å². The minimum atomic E-state index is -0.324. The maximum atomic E-state index is 12.9.